The van der Waals surface area contributed by atoms with Gasteiger partial charge in [-0.1, -0.05) is 78.4 Å². The van der Waals surface area contributed by atoms with Crippen molar-refractivity contribution in [2.45, 2.75) is 19.2 Å². The summed E-state index contributed by atoms with van der Waals surface area (Å²) >= 11 is 0. The molecule has 2 aliphatic rings. The second-order valence-corrected chi connectivity index (χ2v) is 7.10. The predicted molar refractivity (Wildman–Crippen MR) is 114 cm³/mol. The zero-order chi connectivity index (χ0) is 18.9. The summed E-state index contributed by atoms with van der Waals surface area (Å²) in [6, 6.07) is 28.7. The summed E-state index contributed by atoms with van der Waals surface area (Å²) < 4.78 is 6.20. The molecular weight excluding hydrogens is 344 g/mol. The van der Waals surface area contributed by atoms with Crippen molar-refractivity contribution in [3.8, 4) is 0 Å². The summed E-state index contributed by atoms with van der Waals surface area (Å²) in [4.78, 5) is 9.79. The number of rotatable bonds is 3. The molecule has 0 bridgehead atoms. The highest BCUT2D eigenvalue weighted by Crippen LogP contribution is 2.34. The molecule has 3 aromatic rings. The highest BCUT2D eigenvalue weighted by molar-refractivity contribution is 6.14. The zero-order valence-corrected chi connectivity index (χ0v) is 15.6. The van der Waals surface area contributed by atoms with E-state index >= 15 is 0 Å². The molecule has 2 aliphatic heterocycles. The van der Waals surface area contributed by atoms with Crippen molar-refractivity contribution < 1.29 is 4.74 Å². The molecule has 3 nitrogen and oxygen atoms in total. The van der Waals surface area contributed by atoms with Crippen LogP contribution in [0.5, 0.6) is 0 Å². The van der Waals surface area contributed by atoms with Gasteiger partial charge in [-0.2, -0.15) is 0 Å². The van der Waals surface area contributed by atoms with E-state index in [1.807, 2.05) is 48.5 Å². The molecule has 0 fully saturated rings. The van der Waals surface area contributed by atoms with Gasteiger partial charge in [-0.3, -0.25) is 0 Å². The Labute approximate surface area is 164 Å². The van der Waals surface area contributed by atoms with Crippen LogP contribution < -0.4 is 0 Å². The molecule has 0 aromatic heterocycles. The van der Waals surface area contributed by atoms with E-state index in [0.717, 1.165) is 28.0 Å². The van der Waals surface area contributed by atoms with Crippen LogP contribution in [0.1, 0.15) is 22.3 Å². The molecule has 0 amide bonds. The third kappa shape index (κ3) is 3.05. The number of dihydropyridines is 1. The van der Waals surface area contributed by atoms with Crippen LogP contribution in [0.15, 0.2) is 101 Å². The number of allylic oxidation sites excluding steroid dienone is 1. The predicted octanol–water partition coefficient (Wildman–Crippen LogP) is 5.05. The maximum Gasteiger partial charge on any atom is 0.219 e. The van der Waals surface area contributed by atoms with Crippen molar-refractivity contribution in [1.29, 1.82) is 0 Å². The normalized spacial score (nSPS) is 20.5. The molecule has 3 heteroatoms. The van der Waals surface area contributed by atoms with Gasteiger partial charge in [0.15, 0.2) is 0 Å². The highest BCUT2D eigenvalue weighted by atomic mass is 16.5. The number of ether oxygens (including phenoxy) is 1. The lowest BCUT2D eigenvalue weighted by molar-refractivity contribution is 0.218. The largest absolute Gasteiger partial charge is 0.449 e. The fourth-order valence-electron chi connectivity index (χ4n) is 3.62. The summed E-state index contributed by atoms with van der Waals surface area (Å²) in [7, 11) is 0. The minimum Gasteiger partial charge on any atom is -0.449 e. The first-order chi connectivity index (χ1) is 13.8. The van der Waals surface area contributed by atoms with Gasteiger partial charge in [0.2, 0.25) is 12.1 Å². The number of aliphatic imine (C=N–C) groups is 2. The molecule has 0 spiro atoms. The van der Waals surface area contributed by atoms with E-state index in [1.165, 1.54) is 5.56 Å². The monoisotopic (exact) mass is 364 g/mol. The van der Waals surface area contributed by atoms with Gasteiger partial charge in [-0.05, 0) is 41.8 Å². The van der Waals surface area contributed by atoms with Gasteiger partial charge in [-0.25, -0.2) is 9.98 Å². The van der Waals surface area contributed by atoms with Gasteiger partial charge in [-0.15, -0.1) is 0 Å². The average molecular weight is 364 g/mol. The Morgan fingerprint density at radius 1 is 0.679 bits per heavy atom. The van der Waals surface area contributed by atoms with Gasteiger partial charge in [0.25, 0.3) is 0 Å². The van der Waals surface area contributed by atoms with E-state index in [0.29, 0.717) is 5.90 Å². The van der Waals surface area contributed by atoms with Gasteiger partial charge < -0.3 is 4.74 Å². The van der Waals surface area contributed by atoms with Crippen molar-refractivity contribution in [2.75, 3.05) is 0 Å². The molecule has 136 valence electrons. The third-order valence-corrected chi connectivity index (χ3v) is 5.11. The third-order valence-electron chi connectivity index (χ3n) is 5.11. The molecule has 0 N–H and O–H groups in total. The first kappa shape index (κ1) is 16.7. The van der Waals surface area contributed by atoms with Crippen molar-refractivity contribution >= 4 is 17.2 Å². The summed E-state index contributed by atoms with van der Waals surface area (Å²) in [5, 5.41) is 0. The molecule has 0 unspecified atom stereocenters. The van der Waals surface area contributed by atoms with Crippen LogP contribution in [0.4, 0.5) is 0 Å². The second kappa shape index (κ2) is 6.93. The summed E-state index contributed by atoms with van der Waals surface area (Å²) in [6.07, 6.45) is 1.81. The highest BCUT2D eigenvalue weighted by Gasteiger charge is 2.37. The molecule has 0 radical (unpaired) electrons. The van der Waals surface area contributed by atoms with Crippen LogP contribution >= 0.6 is 0 Å². The molecule has 3 aromatic carbocycles. The van der Waals surface area contributed by atoms with E-state index in [1.54, 1.807) is 0 Å². The smallest absolute Gasteiger partial charge is 0.219 e. The molecule has 5 rings (SSSR count). The Bertz CT molecular complexity index is 1080. The molecule has 2 heterocycles. The SMILES string of the molecule is Cc1ccc(C2=CC(c3ccccc3)=N[C@H]3OC(c4ccccc4)=N[C@H]23)cc1. The molecule has 0 saturated carbocycles. The molecular formula is C25H20N2O. The van der Waals surface area contributed by atoms with Gasteiger partial charge in [0, 0.05) is 5.56 Å². The number of hydrogen-bond donors (Lipinski definition) is 0. The average Bonchev–Trinajstić information content (AvgIpc) is 3.19. The number of fused-ring (bicyclic) bond motifs is 1. The first-order valence-corrected chi connectivity index (χ1v) is 9.50. The lowest BCUT2D eigenvalue weighted by atomic mass is 9.92. The van der Waals surface area contributed by atoms with E-state index in [2.05, 4.69) is 49.4 Å². The molecule has 2 atom stereocenters. The van der Waals surface area contributed by atoms with Crippen molar-refractivity contribution in [3.63, 3.8) is 0 Å². The fourth-order valence-corrected chi connectivity index (χ4v) is 3.62. The lowest BCUT2D eigenvalue weighted by Crippen LogP contribution is -2.27. The Morgan fingerprint density at radius 2 is 1.32 bits per heavy atom. The Balaban J connectivity index is 1.60. The Hall–Kier alpha value is -3.46. The second-order valence-electron chi connectivity index (χ2n) is 7.10. The summed E-state index contributed by atoms with van der Waals surface area (Å²) in [5.41, 5.74) is 6.54. The topological polar surface area (TPSA) is 34.0 Å². The summed E-state index contributed by atoms with van der Waals surface area (Å²) in [5.74, 6) is 0.659. The number of aryl methyl sites for hydroxylation is 1. The standard InChI is InChI=1S/C25H20N2O/c1-17-12-14-18(15-13-17)21-16-22(19-8-4-2-5-9-19)26-25-23(21)27-24(28-25)20-10-6-3-7-11-20/h2-16,23,25H,1H3/t23-,25+/m1/s1. The van der Waals surface area contributed by atoms with Gasteiger partial charge in [0.1, 0.15) is 6.04 Å². The van der Waals surface area contributed by atoms with Crippen molar-refractivity contribution in [1.82, 2.24) is 0 Å². The van der Waals surface area contributed by atoms with Crippen LogP contribution in [0.3, 0.4) is 0 Å². The van der Waals surface area contributed by atoms with Crippen LogP contribution in [0.2, 0.25) is 0 Å². The van der Waals surface area contributed by atoms with Crippen LogP contribution in [0.25, 0.3) is 5.57 Å². The van der Waals surface area contributed by atoms with Crippen LogP contribution in [-0.2, 0) is 4.74 Å². The Morgan fingerprint density at radius 3 is 2.00 bits per heavy atom. The number of benzene rings is 3. The fraction of sp³-hybridized carbons (Fsp3) is 0.120. The van der Waals surface area contributed by atoms with E-state index in [9.17, 15) is 0 Å². The minimum absolute atomic E-state index is 0.134. The number of nitrogens with zero attached hydrogens (tertiary/aromatic N) is 2. The van der Waals surface area contributed by atoms with E-state index in [4.69, 9.17) is 14.7 Å². The maximum absolute atomic E-state index is 6.20. The maximum atomic E-state index is 6.20. The summed E-state index contributed by atoms with van der Waals surface area (Å²) in [6.45, 7) is 2.10. The van der Waals surface area contributed by atoms with Crippen molar-refractivity contribution in [3.05, 3.63) is 113 Å². The number of hydrogen-bond acceptors (Lipinski definition) is 3. The van der Waals surface area contributed by atoms with E-state index < -0.39 is 0 Å². The van der Waals surface area contributed by atoms with Crippen molar-refractivity contribution in [2.24, 2.45) is 9.98 Å². The van der Waals surface area contributed by atoms with Gasteiger partial charge in [0.05, 0.1) is 5.71 Å². The Kier molecular flexibility index (Phi) is 4.13. The van der Waals surface area contributed by atoms with Crippen LogP contribution in [-0.4, -0.2) is 23.9 Å². The quantitative estimate of drug-likeness (QED) is 0.640. The minimum atomic E-state index is -0.341. The lowest BCUT2D eigenvalue weighted by Gasteiger charge is -2.23. The molecule has 28 heavy (non-hydrogen) atoms. The van der Waals surface area contributed by atoms with Crippen LogP contribution in [0, 0.1) is 6.92 Å². The van der Waals surface area contributed by atoms with Gasteiger partial charge >= 0.3 is 0 Å². The molecule has 0 saturated heterocycles. The van der Waals surface area contributed by atoms with E-state index in [-0.39, 0.29) is 12.3 Å². The molecule has 0 aliphatic carbocycles. The first-order valence-electron chi connectivity index (χ1n) is 9.50. The zero-order valence-electron chi connectivity index (χ0n) is 15.6.